The third-order valence-corrected chi connectivity index (χ3v) is 3.03. The maximum atomic E-state index is 10.9. The molecule has 1 aromatic rings. The number of nitrogens with zero attached hydrogens (tertiary/aromatic N) is 2. The van der Waals surface area contributed by atoms with E-state index in [0.29, 0.717) is 15.9 Å². The van der Waals surface area contributed by atoms with Gasteiger partial charge in [-0.3, -0.25) is 14.9 Å². The minimum Gasteiger partial charge on any atom is -0.468 e. The van der Waals surface area contributed by atoms with Crippen LogP contribution in [-0.2, 0) is 9.53 Å². The van der Waals surface area contributed by atoms with E-state index in [0.717, 1.165) is 6.20 Å². The van der Waals surface area contributed by atoms with Gasteiger partial charge in [-0.05, 0) is 22.9 Å². The molecule has 0 aliphatic carbocycles. The molecule has 7 nitrogen and oxygen atoms in total. The molecule has 0 radical (unpaired) electrons. The minimum absolute atomic E-state index is 0.0562. The fourth-order valence-corrected chi connectivity index (χ4v) is 1.55. The highest BCUT2D eigenvalue weighted by molar-refractivity contribution is 9.10. The van der Waals surface area contributed by atoms with E-state index >= 15 is 0 Å². The van der Waals surface area contributed by atoms with Crippen LogP contribution in [0.5, 0.6) is 0 Å². The van der Waals surface area contributed by atoms with E-state index in [9.17, 15) is 14.9 Å². The van der Waals surface area contributed by atoms with Gasteiger partial charge in [0.25, 0.3) is 5.69 Å². The molecule has 1 rings (SSSR count). The zero-order valence-corrected chi connectivity index (χ0v) is 10.8. The Morgan fingerprint density at radius 2 is 2.35 bits per heavy atom. The van der Waals surface area contributed by atoms with Crippen LogP contribution in [0.15, 0.2) is 10.7 Å². The van der Waals surface area contributed by atoms with Crippen molar-refractivity contribution in [2.45, 2.75) is 6.92 Å². The molecule has 1 N–H and O–H groups in total. The van der Waals surface area contributed by atoms with Gasteiger partial charge < -0.3 is 10.1 Å². The van der Waals surface area contributed by atoms with Crippen LogP contribution in [0.3, 0.4) is 0 Å². The Morgan fingerprint density at radius 3 is 2.88 bits per heavy atom. The average molecular weight is 304 g/mol. The number of rotatable bonds is 4. The molecule has 0 saturated heterocycles. The summed E-state index contributed by atoms with van der Waals surface area (Å²) in [7, 11) is 1.27. The SMILES string of the molecule is COC(=O)CNc1ncc([N+](=O)[O-])c(C)c1Br. The molecule has 0 atom stereocenters. The number of hydrogen-bond acceptors (Lipinski definition) is 6. The normalized spacial score (nSPS) is 9.82. The maximum absolute atomic E-state index is 10.9. The zero-order valence-electron chi connectivity index (χ0n) is 9.19. The molecule has 92 valence electrons. The summed E-state index contributed by atoms with van der Waals surface area (Å²) in [5.41, 5.74) is 0.359. The molecule has 0 amide bonds. The van der Waals surface area contributed by atoms with Gasteiger partial charge in [0.05, 0.1) is 16.5 Å². The number of pyridine rings is 1. The van der Waals surface area contributed by atoms with Gasteiger partial charge in [-0.1, -0.05) is 0 Å². The van der Waals surface area contributed by atoms with Crippen molar-refractivity contribution in [3.8, 4) is 0 Å². The van der Waals surface area contributed by atoms with Crippen molar-refractivity contribution in [3.05, 3.63) is 26.3 Å². The van der Waals surface area contributed by atoms with Crippen LogP contribution in [0.25, 0.3) is 0 Å². The maximum Gasteiger partial charge on any atom is 0.325 e. The van der Waals surface area contributed by atoms with Gasteiger partial charge in [0.2, 0.25) is 0 Å². The second kappa shape index (κ2) is 5.58. The lowest BCUT2D eigenvalue weighted by Crippen LogP contribution is -2.16. The first-order chi connectivity index (χ1) is 7.97. The lowest BCUT2D eigenvalue weighted by molar-refractivity contribution is -0.385. The van der Waals surface area contributed by atoms with Gasteiger partial charge in [0.1, 0.15) is 18.6 Å². The van der Waals surface area contributed by atoms with Crippen LogP contribution in [0, 0.1) is 17.0 Å². The van der Waals surface area contributed by atoms with Crippen molar-refractivity contribution in [1.29, 1.82) is 0 Å². The van der Waals surface area contributed by atoms with Gasteiger partial charge >= 0.3 is 5.97 Å². The summed E-state index contributed by atoms with van der Waals surface area (Å²) in [5.74, 6) is -0.0896. The average Bonchev–Trinajstić information content (AvgIpc) is 2.30. The second-order valence-corrected chi connectivity index (χ2v) is 3.91. The quantitative estimate of drug-likeness (QED) is 0.516. The van der Waals surface area contributed by atoms with Crippen molar-refractivity contribution in [3.63, 3.8) is 0 Å². The summed E-state index contributed by atoms with van der Waals surface area (Å²) in [6.45, 7) is 1.53. The van der Waals surface area contributed by atoms with E-state index < -0.39 is 10.9 Å². The number of esters is 1. The van der Waals surface area contributed by atoms with Gasteiger partial charge in [-0.15, -0.1) is 0 Å². The van der Waals surface area contributed by atoms with Crippen molar-refractivity contribution < 1.29 is 14.5 Å². The van der Waals surface area contributed by atoms with Crippen molar-refractivity contribution >= 4 is 33.4 Å². The molecule has 0 fully saturated rings. The Hall–Kier alpha value is -1.70. The van der Waals surface area contributed by atoms with E-state index in [1.54, 1.807) is 6.92 Å². The number of hydrogen-bond donors (Lipinski definition) is 1. The molecular weight excluding hydrogens is 294 g/mol. The molecule has 1 aromatic heterocycles. The standard InChI is InChI=1S/C9H10BrN3O4/c1-5-6(13(15)16)3-11-9(8(5)10)12-4-7(14)17-2/h3H,4H2,1-2H3,(H,11,12). The molecule has 0 spiro atoms. The van der Waals surface area contributed by atoms with Crippen LogP contribution in [0.1, 0.15) is 5.56 Å². The fourth-order valence-electron chi connectivity index (χ4n) is 1.10. The molecule has 8 heteroatoms. The van der Waals surface area contributed by atoms with E-state index in [1.165, 1.54) is 7.11 Å². The van der Waals surface area contributed by atoms with Crippen molar-refractivity contribution in [2.24, 2.45) is 0 Å². The zero-order chi connectivity index (χ0) is 13.0. The van der Waals surface area contributed by atoms with Crippen LogP contribution >= 0.6 is 15.9 Å². The summed E-state index contributed by atoms with van der Waals surface area (Å²) in [4.78, 5) is 24.9. The van der Waals surface area contributed by atoms with Crippen LogP contribution in [0.2, 0.25) is 0 Å². The Bertz CT molecular complexity index is 464. The lowest BCUT2D eigenvalue weighted by atomic mass is 10.2. The molecular formula is C9H10BrN3O4. The van der Waals surface area contributed by atoms with Gasteiger partial charge in [-0.25, -0.2) is 4.98 Å². The summed E-state index contributed by atoms with van der Waals surface area (Å²) >= 11 is 3.19. The Morgan fingerprint density at radius 1 is 1.71 bits per heavy atom. The van der Waals surface area contributed by atoms with Crippen molar-refractivity contribution in [2.75, 3.05) is 19.0 Å². The number of carbonyl (C=O) groups is 1. The third kappa shape index (κ3) is 3.13. The first-order valence-corrected chi connectivity index (χ1v) is 5.36. The monoisotopic (exact) mass is 303 g/mol. The molecule has 17 heavy (non-hydrogen) atoms. The van der Waals surface area contributed by atoms with E-state index in [2.05, 4.69) is 31.0 Å². The van der Waals surface area contributed by atoms with Gasteiger partial charge in [0, 0.05) is 5.56 Å². The highest BCUT2D eigenvalue weighted by Crippen LogP contribution is 2.30. The van der Waals surface area contributed by atoms with E-state index in [1.807, 2.05) is 0 Å². The van der Waals surface area contributed by atoms with Crippen LogP contribution in [-0.4, -0.2) is 29.5 Å². The predicted octanol–water partition coefficient (Wildman–Crippen LogP) is 1.65. The summed E-state index contributed by atoms with van der Waals surface area (Å²) < 4.78 is 4.91. The number of anilines is 1. The largest absolute Gasteiger partial charge is 0.468 e. The van der Waals surface area contributed by atoms with Crippen LogP contribution in [0.4, 0.5) is 11.5 Å². The molecule has 0 unspecified atom stereocenters. The smallest absolute Gasteiger partial charge is 0.325 e. The number of halogens is 1. The van der Waals surface area contributed by atoms with Crippen LogP contribution < -0.4 is 5.32 Å². The number of aromatic nitrogens is 1. The summed E-state index contributed by atoms with van der Waals surface area (Å²) in [6, 6.07) is 0. The summed E-state index contributed by atoms with van der Waals surface area (Å²) in [5, 5.41) is 13.4. The number of ether oxygens (including phenoxy) is 1. The molecule has 0 aromatic carbocycles. The predicted molar refractivity (Wildman–Crippen MR) is 63.8 cm³/mol. The topological polar surface area (TPSA) is 94.4 Å². The van der Waals surface area contributed by atoms with Gasteiger partial charge in [-0.2, -0.15) is 0 Å². The fraction of sp³-hybridized carbons (Fsp3) is 0.333. The molecule has 0 bridgehead atoms. The van der Waals surface area contributed by atoms with Gasteiger partial charge in [0.15, 0.2) is 0 Å². The van der Waals surface area contributed by atoms with E-state index in [4.69, 9.17) is 0 Å². The number of nitro groups is 1. The molecule has 0 saturated carbocycles. The first-order valence-electron chi connectivity index (χ1n) is 4.57. The highest BCUT2D eigenvalue weighted by atomic mass is 79.9. The molecule has 0 aliphatic rings. The van der Waals surface area contributed by atoms with Crippen molar-refractivity contribution in [1.82, 2.24) is 4.98 Å². The highest BCUT2D eigenvalue weighted by Gasteiger charge is 2.17. The number of nitrogens with one attached hydrogen (secondary N) is 1. The number of carbonyl (C=O) groups excluding carboxylic acids is 1. The Labute approximate surface area is 105 Å². The Balaban J connectivity index is 2.93. The first kappa shape index (κ1) is 13.4. The number of methoxy groups -OCH3 is 1. The second-order valence-electron chi connectivity index (χ2n) is 3.12. The summed E-state index contributed by atoms with van der Waals surface area (Å²) in [6.07, 6.45) is 1.14. The molecule has 0 aliphatic heterocycles. The minimum atomic E-state index is -0.517. The van der Waals surface area contributed by atoms with E-state index in [-0.39, 0.29) is 12.2 Å². The Kier molecular flexibility index (Phi) is 4.38. The lowest BCUT2D eigenvalue weighted by Gasteiger charge is -2.08. The molecule has 1 heterocycles. The third-order valence-electron chi connectivity index (χ3n) is 2.06.